The summed E-state index contributed by atoms with van der Waals surface area (Å²) in [6.07, 6.45) is 4.08. The molecule has 1 amide bonds. The quantitative estimate of drug-likeness (QED) is 0.838. The molecule has 4 nitrogen and oxygen atoms in total. The van der Waals surface area contributed by atoms with E-state index in [-0.39, 0.29) is 0 Å². The number of fused-ring (bicyclic) bond motifs is 1. The molecule has 0 fully saturated rings. The van der Waals surface area contributed by atoms with Gasteiger partial charge in [0.1, 0.15) is 0 Å². The molecule has 1 aromatic carbocycles. The summed E-state index contributed by atoms with van der Waals surface area (Å²) >= 11 is 0. The van der Waals surface area contributed by atoms with Crippen molar-refractivity contribution in [2.24, 2.45) is 0 Å². The highest BCUT2D eigenvalue weighted by atomic mass is 16.1. The van der Waals surface area contributed by atoms with Crippen LogP contribution in [0.2, 0.25) is 0 Å². The standard InChI is InChI=1S/C16H19N3O/c1-2-19-8-6-12(7-9-19)15-10-13-4-3-5-14(17-11-20)16(13)18-15/h3-6,10-11,18H,2,7-9H2,1H3,(H,17,20). The Labute approximate surface area is 118 Å². The number of H-pyrrole nitrogens is 1. The van der Waals surface area contributed by atoms with Crippen molar-refractivity contribution in [1.82, 2.24) is 9.88 Å². The van der Waals surface area contributed by atoms with Crippen LogP contribution in [0, 0.1) is 0 Å². The lowest BCUT2D eigenvalue weighted by atomic mass is 10.0. The predicted octanol–water partition coefficient (Wildman–Crippen LogP) is 2.85. The van der Waals surface area contributed by atoms with Crippen LogP contribution in [0.1, 0.15) is 19.0 Å². The van der Waals surface area contributed by atoms with Gasteiger partial charge in [0, 0.05) is 24.2 Å². The second-order valence-corrected chi connectivity index (χ2v) is 5.09. The van der Waals surface area contributed by atoms with Crippen LogP contribution in [0.4, 0.5) is 5.69 Å². The van der Waals surface area contributed by atoms with E-state index in [0.717, 1.165) is 48.3 Å². The third-order valence-electron chi connectivity index (χ3n) is 3.96. The van der Waals surface area contributed by atoms with Gasteiger partial charge in [-0.1, -0.05) is 25.1 Å². The molecule has 1 aliphatic heterocycles. The molecular formula is C16H19N3O. The minimum Gasteiger partial charge on any atom is -0.353 e. The molecule has 0 atom stereocenters. The number of hydrogen-bond acceptors (Lipinski definition) is 2. The van der Waals surface area contributed by atoms with E-state index in [2.05, 4.69) is 40.3 Å². The van der Waals surface area contributed by atoms with Crippen molar-refractivity contribution in [2.45, 2.75) is 13.3 Å². The smallest absolute Gasteiger partial charge is 0.211 e. The van der Waals surface area contributed by atoms with E-state index < -0.39 is 0 Å². The van der Waals surface area contributed by atoms with Crippen molar-refractivity contribution >= 4 is 28.6 Å². The van der Waals surface area contributed by atoms with Gasteiger partial charge >= 0.3 is 0 Å². The number of rotatable bonds is 4. The molecule has 1 aliphatic rings. The highest BCUT2D eigenvalue weighted by molar-refractivity contribution is 5.97. The monoisotopic (exact) mass is 269 g/mol. The summed E-state index contributed by atoms with van der Waals surface area (Å²) in [5, 5.41) is 3.87. The van der Waals surface area contributed by atoms with Crippen LogP contribution in [-0.4, -0.2) is 35.9 Å². The van der Waals surface area contributed by atoms with Gasteiger partial charge < -0.3 is 10.3 Å². The number of para-hydroxylation sites is 1. The normalized spacial score (nSPS) is 16.1. The summed E-state index contributed by atoms with van der Waals surface area (Å²) in [5.41, 5.74) is 4.35. The van der Waals surface area contributed by atoms with E-state index in [1.807, 2.05) is 12.1 Å². The van der Waals surface area contributed by atoms with Crippen molar-refractivity contribution in [2.75, 3.05) is 25.0 Å². The molecule has 104 valence electrons. The number of nitrogens with zero attached hydrogens (tertiary/aromatic N) is 1. The molecule has 3 rings (SSSR count). The average Bonchev–Trinajstić information content (AvgIpc) is 2.93. The third-order valence-corrected chi connectivity index (χ3v) is 3.96. The molecule has 20 heavy (non-hydrogen) atoms. The first kappa shape index (κ1) is 12.9. The lowest BCUT2D eigenvalue weighted by Gasteiger charge is -2.24. The van der Waals surface area contributed by atoms with Crippen LogP contribution in [0.5, 0.6) is 0 Å². The minimum absolute atomic E-state index is 0.717. The van der Waals surface area contributed by atoms with E-state index in [1.54, 1.807) is 0 Å². The number of aromatic nitrogens is 1. The molecule has 2 aromatic rings. The van der Waals surface area contributed by atoms with Crippen LogP contribution in [0.15, 0.2) is 30.3 Å². The molecule has 4 heteroatoms. The minimum atomic E-state index is 0.717. The van der Waals surface area contributed by atoms with Crippen LogP contribution in [-0.2, 0) is 4.79 Å². The van der Waals surface area contributed by atoms with Gasteiger partial charge in [0.25, 0.3) is 0 Å². The largest absolute Gasteiger partial charge is 0.353 e. The number of aromatic amines is 1. The van der Waals surface area contributed by atoms with Gasteiger partial charge in [-0.3, -0.25) is 9.69 Å². The molecule has 0 unspecified atom stereocenters. The van der Waals surface area contributed by atoms with E-state index in [0.29, 0.717) is 6.41 Å². The fourth-order valence-electron chi connectivity index (χ4n) is 2.76. The number of likely N-dealkylation sites (N-methyl/N-ethyl adjacent to an activating group) is 1. The average molecular weight is 269 g/mol. The molecule has 0 aliphatic carbocycles. The molecule has 0 saturated heterocycles. The molecule has 2 heterocycles. The fraction of sp³-hybridized carbons (Fsp3) is 0.312. The molecule has 0 bridgehead atoms. The van der Waals surface area contributed by atoms with Crippen molar-refractivity contribution in [3.8, 4) is 0 Å². The Morgan fingerprint density at radius 2 is 2.35 bits per heavy atom. The van der Waals surface area contributed by atoms with Crippen molar-refractivity contribution in [3.63, 3.8) is 0 Å². The molecule has 0 radical (unpaired) electrons. The zero-order valence-electron chi connectivity index (χ0n) is 11.6. The Balaban J connectivity index is 1.95. The maximum absolute atomic E-state index is 10.7. The van der Waals surface area contributed by atoms with Gasteiger partial charge in [-0.05, 0) is 30.7 Å². The van der Waals surface area contributed by atoms with Crippen LogP contribution >= 0.6 is 0 Å². The van der Waals surface area contributed by atoms with Crippen LogP contribution in [0.3, 0.4) is 0 Å². The summed E-state index contributed by atoms with van der Waals surface area (Å²) in [6.45, 7) is 5.42. The molecule has 1 aromatic heterocycles. The SMILES string of the molecule is CCN1CC=C(c2cc3cccc(NC=O)c3[nH]2)CC1. The molecule has 0 saturated carbocycles. The molecular weight excluding hydrogens is 250 g/mol. The lowest BCUT2D eigenvalue weighted by Crippen LogP contribution is -2.28. The lowest BCUT2D eigenvalue weighted by molar-refractivity contribution is -0.105. The van der Waals surface area contributed by atoms with Crippen molar-refractivity contribution < 1.29 is 4.79 Å². The summed E-state index contributed by atoms with van der Waals surface area (Å²) in [6, 6.07) is 8.09. The van der Waals surface area contributed by atoms with Crippen LogP contribution < -0.4 is 5.32 Å². The number of nitrogens with one attached hydrogen (secondary N) is 2. The number of carbonyl (C=O) groups is 1. The van der Waals surface area contributed by atoms with E-state index in [1.165, 1.54) is 5.57 Å². The number of amides is 1. The Kier molecular flexibility index (Phi) is 3.56. The van der Waals surface area contributed by atoms with Gasteiger partial charge in [0.05, 0.1) is 11.2 Å². The predicted molar refractivity (Wildman–Crippen MR) is 82.7 cm³/mol. The second kappa shape index (κ2) is 5.51. The molecule has 2 N–H and O–H groups in total. The van der Waals surface area contributed by atoms with Crippen molar-refractivity contribution in [1.29, 1.82) is 0 Å². The maximum Gasteiger partial charge on any atom is 0.211 e. The number of benzene rings is 1. The van der Waals surface area contributed by atoms with Crippen molar-refractivity contribution in [3.05, 3.63) is 36.0 Å². The number of carbonyl (C=O) groups excluding carboxylic acids is 1. The van der Waals surface area contributed by atoms with E-state index in [4.69, 9.17) is 0 Å². The maximum atomic E-state index is 10.7. The van der Waals surface area contributed by atoms with E-state index in [9.17, 15) is 4.79 Å². The van der Waals surface area contributed by atoms with Gasteiger partial charge in [0.15, 0.2) is 0 Å². The summed E-state index contributed by atoms with van der Waals surface area (Å²) in [7, 11) is 0. The summed E-state index contributed by atoms with van der Waals surface area (Å²) < 4.78 is 0. The van der Waals surface area contributed by atoms with Crippen LogP contribution in [0.25, 0.3) is 16.5 Å². The van der Waals surface area contributed by atoms with Gasteiger partial charge in [-0.2, -0.15) is 0 Å². The molecule has 0 spiro atoms. The first-order valence-electron chi connectivity index (χ1n) is 7.05. The zero-order valence-corrected chi connectivity index (χ0v) is 11.6. The Morgan fingerprint density at radius 3 is 3.05 bits per heavy atom. The first-order valence-corrected chi connectivity index (χ1v) is 7.05. The van der Waals surface area contributed by atoms with Gasteiger partial charge in [-0.15, -0.1) is 0 Å². The number of hydrogen-bond donors (Lipinski definition) is 2. The topological polar surface area (TPSA) is 48.1 Å². The Bertz CT molecular complexity index is 657. The zero-order chi connectivity index (χ0) is 13.9. The van der Waals surface area contributed by atoms with E-state index >= 15 is 0 Å². The Morgan fingerprint density at radius 1 is 1.45 bits per heavy atom. The highest BCUT2D eigenvalue weighted by Crippen LogP contribution is 2.29. The van der Waals surface area contributed by atoms with Gasteiger partial charge in [0.2, 0.25) is 6.41 Å². The summed E-state index contributed by atoms with van der Waals surface area (Å²) in [4.78, 5) is 16.5. The third kappa shape index (κ3) is 2.34. The fourth-order valence-corrected chi connectivity index (χ4v) is 2.76. The second-order valence-electron chi connectivity index (χ2n) is 5.09. The van der Waals surface area contributed by atoms with Gasteiger partial charge in [-0.25, -0.2) is 0 Å². The summed E-state index contributed by atoms with van der Waals surface area (Å²) in [5.74, 6) is 0. The first-order chi connectivity index (χ1) is 9.81. The Hall–Kier alpha value is -2.07. The highest BCUT2D eigenvalue weighted by Gasteiger charge is 2.14. The number of anilines is 1.